The molecule has 3 N–H and O–H groups in total. The first-order valence-corrected chi connectivity index (χ1v) is 9.73. The Morgan fingerprint density at radius 1 is 1.28 bits per heavy atom. The number of nitrogens with one attached hydrogen (secondary N) is 1. The van der Waals surface area contributed by atoms with E-state index in [2.05, 4.69) is 22.4 Å². The number of rotatable bonds is 5. The van der Waals surface area contributed by atoms with Gasteiger partial charge in [-0.05, 0) is 25.7 Å². The van der Waals surface area contributed by atoms with Crippen molar-refractivity contribution in [2.75, 3.05) is 11.6 Å². The predicted octanol–water partition coefficient (Wildman–Crippen LogP) is 2.75. The van der Waals surface area contributed by atoms with Gasteiger partial charge in [0, 0.05) is 11.6 Å². The molecule has 1 aromatic carbocycles. The van der Waals surface area contributed by atoms with Crippen LogP contribution in [0.4, 0.5) is 0 Å². The summed E-state index contributed by atoms with van der Waals surface area (Å²) in [5.41, 5.74) is 2.09. The average molecular weight is 359 g/mol. The monoisotopic (exact) mass is 359 g/mol. The number of carbonyl (C=O) groups is 1. The van der Waals surface area contributed by atoms with Crippen LogP contribution in [0.15, 0.2) is 29.4 Å². The zero-order chi connectivity index (χ0) is 17.8. The van der Waals surface area contributed by atoms with Gasteiger partial charge in [0.25, 0.3) is 0 Å². The number of hydrogen-bond donors (Lipinski definition) is 2. The molecule has 0 saturated heterocycles. The summed E-state index contributed by atoms with van der Waals surface area (Å²) in [7, 11) is 0. The first-order valence-electron chi connectivity index (χ1n) is 8.74. The number of aromatic nitrogens is 3. The zero-order valence-electron chi connectivity index (χ0n) is 14.7. The van der Waals surface area contributed by atoms with E-state index in [4.69, 9.17) is 5.84 Å². The Labute approximate surface area is 152 Å². The molecular weight excluding hydrogens is 334 g/mol. The Bertz CT molecular complexity index is 728. The third-order valence-corrected chi connectivity index (χ3v) is 5.71. The van der Waals surface area contributed by atoms with Crippen molar-refractivity contribution >= 4 is 17.7 Å². The first-order chi connectivity index (χ1) is 12.0. The Balaban J connectivity index is 1.58. The van der Waals surface area contributed by atoms with Crippen LogP contribution >= 0.6 is 11.8 Å². The largest absolute Gasteiger partial charge is 0.352 e. The van der Waals surface area contributed by atoms with Crippen LogP contribution in [0.2, 0.25) is 0 Å². The molecule has 1 saturated carbocycles. The second-order valence-corrected chi connectivity index (χ2v) is 7.71. The summed E-state index contributed by atoms with van der Waals surface area (Å²) in [5, 5.41) is 12.0. The maximum Gasteiger partial charge on any atom is 0.230 e. The minimum absolute atomic E-state index is 0.0311. The Morgan fingerprint density at radius 3 is 2.72 bits per heavy atom. The topological polar surface area (TPSA) is 85.8 Å². The number of thioether (sulfide) groups is 1. The van der Waals surface area contributed by atoms with Crippen molar-refractivity contribution in [3.8, 4) is 11.4 Å². The molecule has 0 bridgehead atoms. The van der Waals surface area contributed by atoms with Crippen molar-refractivity contribution in [1.82, 2.24) is 20.2 Å². The van der Waals surface area contributed by atoms with Crippen LogP contribution in [0.25, 0.3) is 11.4 Å². The zero-order valence-corrected chi connectivity index (χ0v) is 15.6. The molecule has 1 heterocycles. The molecule has 7 heteroatoms. The molecule has 0 unspecified atom stereocenters. The molecule has 0 aliphatic heterocycles. The summed E-state index contributed by atoms with van der Waals surface area (Å²) in [6.45, 7) is 4.24. The lowest BCUT2D eigenvalue weighted by Crippen LogP contribution is -2.41. The van der Waals surface area contributed by atoms with E-state index in [1.54, 1.807) is 0 Å². The number of carbonyl (C=O) groups excluding carboxylic acids is 1. The highest BCUT2D eigenvalue weighted by atomic mass is 32.2. The van der Waals surface area contributed by atoms with Gasteiger partial charge in [0.2, 0.25) is 11.1 Å². The number of nitrogens with two attached hydrogens (primary N) is 1. The van der Waals surface area contributed by atoms with Gasteiger partial charge >= 0.3 is 0 Å². The van der Waals surface area contributed by atoms with E-state index in [1.807, 2.05) is 31.2 Å². The third-order valence-electron chi connectivity index (χ3n) is 4.76. The molecule has 1 aromatic heterocycles. The van der Waals surface area contributed by atoms with Crippen LogP contribution in [0.1, 0.15) is 38.2 Å². The number of nitrogens with zero attached hydrogens (tertiary/aromatic N) is 3. The van der Waals surface area contributed by atoms with Crippen LogP contribution in [0.3, 0.4) is 0 Å². The van der Waals surface area contributed by atoms with Crippen LogP contribution in [-0.4, -0.2) is 32.6 Å². The molecule has 1 amide bonds. The smallest absolute Gasteiger partial charge is 0.230 e. The van der Waals surface area contributed by atoms with Crippen molar-refractivity contribution < 1.29 is 4.79 Å². The van der Waals surface area contributed by atoms with E-state index in [9.17, 15) is 4.79 Å². The lowest BCUT2D eigenvalue weighted by molar-refractivity contribution is -0.119. The van der Waals surface area contributed by atoms with Gasteiger partial charge < -0.3 is 11.2 Å². The van der Waals surface area contributed by atoms with Gasteiger partial charge in [-0.15, -0.1) is 10.2 Å². The van der Waals surface area contributed by atoms with Crippen LogP contribution in [0.5, 0.6) is 0 Å². The molecular formula is C18H25N5OS. The van der Waals surface area contributed by atoms with Crippen LogP contribution in [-0.2, 0) is 4.79 Å². The summed E-state index contributed by atoms with van der Waals surface area (Å²) in [4.78, 5) is 12.2. The highest BCUT2D eigenvalue weighted by Crippen LogP contribution is 2.25. The van der Waals surface area contributed by atoms with Gasteiger partial charge in [0.15, 0.2) is 5.82 Å². The number of nitrogen functional groups attached to an aromatic ring is 1. The van der Waals surface area contributed by atoms with Gasteiger partial charge in [-0.2, -0.15) is 0 Å². The van der Waals surface area contributed by atoms with Crippen molar-refractivity contribution in [2.24, 2.45) is 5.92 Å². The molecule has 0 spiro atoms. The summed E-state index contributed by atoms with van der Waals surface area (Å²) in [6.07, 6.45) is 4.72. The Morgan fingerprint density at radius 2 is 2.00 bits per heavy atom. The molecule has 3 rings (SSSR count). The molecule has 134 valence electrons. The first kappa shape index (κ1) is 17.8. The van der Waals surface area contributed by atoms with Crippen LogP contribution in [0, 0.1) is 12.8 Å². The lowest BCUT2D eigenvalue weighted by Gasteiger charge is -2.29. The van der Waals surface area contributed by atoms with Gasteiger partial charge in [-0.25, -0.2) is 4.68 Å². The lowest BCUT2D eigenvalue weighted by atomic mass is 9.86. The minimum atomic E-state index is 0.0311. The highest BCUT2D eigenvalue weighted by molar-refractivity contribution is 7.99. The molecule has 1 aliphatic rings. The molecule has 1 fully saturated rings. The maximum absolute atomic E-state index is 12.2. The third kappa shape index (κ3) is 4.34. The standard InChI is InChI=1S/C18H25N5OS/c1-12-7-9-14(10-8-12)17-21-22-18(23(17)19)25-11-16(24)20-15-6-4-3-5-13(15)2/h7-10,13,15H,3-6,11,19H2,1-2H3,(H,20,24)/t13-,15+/m0/s1. The molecule has 1 aliphatic carbocycles. The van der Waals surface area contributed by atoms with Crippen molar-refractivity contribution in [2.45, 2.75) is 50.7 Å². The number of hydrogen-bond acceptors (Lipinski definition) is 5. The fraction of sp³-hybridized carbons (Fsp3) is 0.500. The van der Waals surface area contributed by atoms with Crippen molar-refractivity contribution in [3.63, 3.8) is 0 Å². The minimum Gasteiger partial charge on any atom is -0.352 e. The van der Waals surface area contributed by atoms with Crippen molar-refractivity contribution in [1.29, 1.82) is 0 Å². The van der Waals surface area contributed by atoms with Crippen LogP contribution < -0.4 is 11.2 Å². The second kappa shape index (κ2) is 7.91. The summed E-state index contributed by atoms with van der Waals surface area (Å²) in [6, 6.07) is 8.24. The summed E-state index contributed by atoms with van der Waals surface area (Å²) < 4.78 is 1.45. The highest BCUT2D eigenvalue weighted by Gasteiger charge is 2.23. The molecule has 0 radical (unpaired) electrons. The molecule has 2 aromatic rings. The quantitative estimate of drug-likeness (QED) is 0.633. The van der Waals surface area contributed by atoms with E-state index in [0.29, 0.717) is 28.7 Å². The van der Waals surface area contributed by atoms with E-state index in [1.165, 1.54) is 41.3 Å². The molecule has 2 atom stereocenters. The fourth-order valence-corrected chi connectivity index (χ4v) is 3.85. The van der Waals surface area contributed by atoms with Gasteiger partial charge in [-0.1, -0.05) is 61.4 Å². The second-order valence-electron chi connectivity index (χ2n) is 6.77. The summed E-state index contributed by atoms with van der Waals surface area (Å²) in [5.74, 6) is 7.59. The Kier molecular flexibility index (Phi) is 5.63. The van der Waals surface area contributed by atoms with E-state index in [0.717, 1.165) is 12.0 Å². The molecule has 6 nitrogen and oxygen atoms in total. The van der Waals surface area contributed by atoms with E-state index >= 15 is 0 Å². The van der Waals surface area contributed by atoms with E-state index < -0.39 is 0 Å². The summed E-state index contributed by atoms with van der Waals surface area (Å²) >= 11 is 1.32. The Hall–Kier alpha value is -2.02. The predicted molar refractivity (Wildman–Crippen MR) is 101 cm³/mol. The van der Waals surface area contributed by atoms with Gasteiger partial charge in [-0.3, -0.25) is 4.79 Å². The van der Waals surface area contributed by atoms with Crippen molar-refractivity contribution in [3.05, 3.63) is 29.8 Å². The molecule has 25 heavy (non-hydrogen) atoms. The fourth-order valence-electron chi connectivity index (χ4n) is 3.18. The number of amides is 1. The number of aryl methyl sites for hydroxylation is 1. The number of benzene rings is 1. The van der Waals surface area contributed by atoms with E-state index in [-0.39, 0.29) is 5.91 Å². The van der Waals surface area contributed by atoms with Gasteiger partial charge in [0.05, 0.1) is 5.75 Å². The normalized spacial score (nSPS) is 20.4. The average Bonchev–Trinajstić information content (AvgIpc) is 2.97. The SMILES string of the molecule is Cc1ccc(-c2nnc(SCC(=O)N[C@@H]3CCCC[C@@H]3C)n2N)cc1. The van der Waals surface area contributed by atoms with Gasteiger partial charge in [0.1, 0.15) is 0 Å². The maximum atomic E-state index is 12.2.